The highest BCUT2D eigenvalue weighted by atomic mass is 35.5. The van der Waals surface area contributed by atoms with Crippen molar-refractivity contribution in [1.29, 1.82) is 0 Å². The van der Waals surface area contributed by atoms with E-state index in [4.69, 9.17) is 11.6 Å². The Hall–Kier alpha value is -1.65. The average Bonchev–Trinajstić information content (AvgIpc) is 2.75. The normalized spacial score (nSPS) is 10.9. The minimum atomic E-state index is -0.280. The highest BCUT2D eigenvalue weighted by Crippen LogP contribution is 2.31. The molecular weight excluding hydrogens is 283 g/mol. The molecule has 0 aliphatic carbocycles. The Morgan fingerprint density at radius 1 is 1.26 bits per heavy atom. The molecule has 0 atom stereocenters. The summed E-state index contributed by atoms with van der Waals surface area (Å²) in [5.41, 5.74) is 2.16. The average molecular weight is 293 g/mol. The van der Waals surface area contributed by atoms with Gasteiger partial charge in [0.1, 0.15) is 5.82 Å². The Morgan fingerprint density at radius 3 is 2.89 bits per heavy atom. The topological polar surface area (TPSA) is 24.9 Å². The molecule has 0 saturated carbocycles. The molecule has 2 nitrogen and oxygen atoms in total. The van der Waals surface area contributed by atoms with Crippen molar-refractivity contribution in [2.75, 3.05) is 5.32 Å². The lowest BCUT2D eigenvalue weighted by Gasteiger charge is -2.07. The van der Waals surface area contributed by atoms with Gasteiger partial charge in [-0.2, -0.15) is 0 Å². The fraction of sp³-hybridized carbons (Fsp3) is 0.0714. The summed E-state index contributed by atoms with van der Waals surface area (Å²) in [6, 6.07) is 10.5. The lowest BCUT2D eigenvalue weighted by molar-refractivity contribution is 0.631. The number of benzene rings is 2. The van der Waals surface area contributed by atoms with Crippen LogP contribution in [-0.2, 0) is 0 Å². The zero-order chi connectivity index (χ0) is 13.4. The molecule has 3 rings (SSSR count). The first-order chi connectivity index (χ1) is 9.13. The molecular formula is C14H10ClFN2S. The van der Waals surface area contributed by atoms with Crippen LogP contribution in [0.2, 0.25) is 5.02 Å². The maximum atomic E-state index is 13.7. The smallest absolute Gasteiger partial charge is 0.188 e. The number of nitrogens with zero attached hydrogens (tertiary/aromatic N) is 1. The van der Waals surface area contributed by atoms with E-state index in [-0.39, 0.29) is 5.82 Å². The van der Waals surface area contributed by atoms with E-state index in [9.17, 15) is 4.39 Å². The Labute approximate surface area is 118 Å². The number of hydrogen-bond acceptors (Lipinski definition) is 3. The molecule has 0 unspecified atom stereocenters. The third kappa shape index (κ3) is 2.41. The third-order valence-corrected chi connectivity index (χ3v) is 3.97. The number of anilines is 2. The molecule has 0 aliphatic heterocycles. The fourth-order valence-corrected chi connectivity index (χ4v) is 3.00. The predicted molar refractivity (Wildman–Crippen MR) is 79.0 cm³/mol. The molecule has 0 amide bonds. The molecule has 2 aromatic carbocycles. The molecule has 3 aromatic rings. The van der Waals surface area contributed by atoms with Crippen LogP contribution in [0.1, 0.15) is 5.56 Å². The minimum Gasteiger partial charge on any atom is -0.329 e. The van der Waals surface area contributed by atoms with Gasteiger partial charge in [0.25, 0.3) is 0 Å². The highest BCUT2D eigenvalue weighted by Gasteiger charge is 2.09. The van der Waals surface area contributed by atoms with Gasteiger partial charge in [-0.05, 0) is 36.8 Å². The summed E-state index contributed by atoms with van der Waals surface area (Å²) >= 11 is 7.39. The van der Waals surface area contributed by atoms with Crippen molar-refractivity contribution in [3.8, 4) is 0 Å². The van der Waals surface area contributed by atoms with Crippen molar-refractivity contribution in [2.24, 2.45) is 0 Å². The number of aryl methyl sites for hydroxylation is 1. The molecule has 0 saturated heterocycles. The second kappa shape index (κ2) is 4.79. The Morgan fingerprint density at radius 2 is 2.11 bits per heavy atom. The van der Waals surface area contributed by atoms with Gasteiger partial charge in [0.05, 0.1) is 15.9 Å². The summed E-state index contributed by atoms with van der Waals surface area (Å²) in [5.74, 6) is -0.280. The standard InChI is InChI=1S/C14H10ClFN2S/c1-8-3-2-4-10(16)13(8)18-14-17-11-6-5-9(15)7-12(11)19-14/h2-7H,1H3,(H,17,18). The third-order valence-electron chi connectivity index (χ3n) is 2.80. The van der Waals surface area contributed by atoms with Crippen LogP contribution < -0.4 is 5.32 Å². The van der Waals surface area contributed by atoms with Crippen LogP contribution >= 0.6 is 22.9 Å². The van der Waals surface area contributed by atoms with E-state index in [0.717, 1.165) is 15.8 Å². The minimum absolute atomic E-state index is 0.280. The van der Waals surface area contributed by atoms with Crippen LogP contribution in [0.5, 0.6) is 0 Å². The van der Waals surface area contributed by atoms with Crippen molar-refractivity contribution < 1.29 is 4.39 Å². The van der Waals surface area contributed by atoms with E-state index in [2.05, 4.69) is 10.3 Å². The Balaban J connectivity index is 2.01. The van der Waals surface area contributed by atoms with Crippen molar-refractivity contribution >= 4 is 44.0 Å². The van der Waals surface area contributed by atoms with Crippen molar-refractivity contribution in [2.45, 2.75) is 6.92 Å². The largest absolute Gasteiger partial charge is 0.329 e. The maximum absolute atomic E-state index is 13.7. The second-order valence-electron chi connectivity index (χ2n) is 4.19. The van der Waals surface area contributed by atoms with Gasteiger partial charge in [-0.3, -0.25) is 0 Å². The zero-order valence-corrected chi connectivity index (χ0v) is 11.6. The first kappa shape index (κ1) is 12.4. The number of rotatable bonds is 2. The van der Waals surface area contributed by atoms with Gasteiger partial charge in [-0.1, -0.05) is 35.1 Å². The van der Waals surface area contributed by atoms with Crippen molar-refractivity contribution in [1.82, 2.24) is 4.98 Å². The molecule has 0 bridgehead atoms. The lowest BCUT2D eigenvalue weighted by Crippen LogP contribution is -1.95. The number of thiazole rings is 1. The van der Waals surface area contributed by atoms with Gasteiger partial charge in [0, 0.05) is 5.02 Å². The number of hydrogen-bond donors (Lipinski definition) is 1. The van der Waals surface area contributed by atoms with Gasteiger partial charge in [-0.25, -0.2) is 9.37 Å². The van der Waals surface area contributed by atoms with E-state index >= 15 is 0 Å². The molecule has 0 fully saturated rings. The molecule has 5 heteroatoms. The van der Waals surface area contributed by atoms with Crippen LogP contribution in [0.4, 0.5) is 15.2 Å². The van der Waals surface area contributed by atoms with Crippen LogP contribution in [0.3, 0.4) is 0 Å². The van der Waals surface area contributed by atoms with Gasteiger partial charge >= 0.3 is 0 Å². The molecule has 1 aromatic heterocycles. The molecule has 19 heavy (non-hydrogen) atoms. The van der Waals surface area contributed by atoms with Gasteiger partial charge in [0.2, 0.25) is 0 Å². The fourth-order valence-electron chi connectivity index (χ4n) is 1.85. The van der Waals surface area contributed by atoms with E-state index < -0.39 is 0 Å². The van der Waals surface area contributed by atoms with Crippen molar-refractivity contribution in [3.05, 3.63) is 52.8 Å². The first-order valence-corrected chi connectivity index (χ1v) is 6.91. The number of fused-ring (bicyclic) bond motifs is 1. The number of halogens is 2. The maximum Gasteiger partial charge on any atom is 0.188 e. The summed E-state index contributed by atoms with van der Waals surface area (Å²) in [4.78, 5) is 4.41. The van der Waals surface area contributed by atoms with Gasteiger partial charge in [0.15, 0.2) is 5.13 Å². The van der Waals surface area contributed by atoms with Crippen LogP contribution in [0.25, 0.3) is 10.2 Å². The summed E-state index contributed by atoms with van der Waals surface area (Å²) in [5, 5.41) is 4.37. The molecule has 0 spiro atoms. The highest BCUT2D eigenvalue weighted by molar-refractivity contribution is 7.22. The van der Waals surface area contributed by atoms with E-state index in [1.807, 2.05) is 25.1 Å². The first-order valence-electron chi connectivity index (χ1n) is 5.72. The molecule has 1 heterocycles. The number of para-hydroxylation sites is 1. The Bertz CT molecular complexity index is 734. The summed E-state index contributed by atoms with van der Waals surface area (Å²) in [6.07, 6.45) is 0. The van der Waals surface area contributed by atoms with Crippen LogP contribution in [-0.4, -0.2) is 4.98 Å². The SMILES string of the molecule is Cc1cccc(F)c1Nc1nc2ccc(Cl)cc2s1. The second-order valence-corrected chi connectivity index (χ2v) is 5.65. The van der Waals surface area contributed by atoms with E-state index in [1.54, 1.807) is 12.1 Å². The predicted octanol–water partition coefficient (Wildman–Crippen LogP) is 5.14. The molecule has 0 radical (unpaired) electrons. The molecule has 0 aliphatic rings. The summed E-state index contributed by atoms with van der Waals surface area (Å²) in [6.45, 7) is 1.86. The van der Waals surface area contributed by atoms with E-state index in [0.29, 0.717) is 15.8 Å². The summed E-state index contributed by atoms with van der Waals surface area (Å²) < 4.78 is 14.7. The van der Waals surface area contributed by atoms with Crippen LogP contribution in [0.15, 0.2) is 36.4 Å². The summed E-state index contributed by atoms with van der Waals surface area (Å²) in [7, 11) is 0. The monoisotopic (exact) mass is 292 g/mol. The van der Waals surface area contributed by atoms with E-state index in [1.165, 1.54) is 17.4 Å². The molecule has 1 N–H and O–H groups in total. The van der Waals surface area contributed by atoms with Gasteiger partial charge < -0.3 is 5.32 Å². The van der Waals surface area contributed by atoms with Crippen molar-refractivity contribution in [3.63, 3.8) is 0 Å². The zero-order valence-electron chi connectivity index (χ0n) is 10.1. The lowest BCUT2D eigenvalue weighted by atomic mass is 10.2. The quantitative estimate of drug-likeness (QED) is 0.707. The van der Waals surface area contributed by atoms with Gasteiger partial charge in [-0.15, -0.1) is 0 Å². The number of aromatic nitrogens is 1. The Kier molecular flexibility index (Phi) is 3.12. The molecule has 96 valence electrons. The van der Waals surface area contributed by atoms with Crippen LogP contribution in [0, 0.1) is 12.7 Å². The number of nitrogens with one attached hydrogen (secondary N) is 1.